The number of aliphatic carboxylic acids is 1. The van der Waals surface area contributed by atoms with Crippen LogP contribution < -0.4 is 5.32 Å². The first-order chi connectivity index (χ1) is 16.7. The number of hydrogen-bond donors (Lipinski definition) is 3. The van der Waals surface area contributed by atoms with Crippen LogP contribution in [0.25, 0.3) is 10.9 Å². The van der Waals surface area contributed by atoms with Crippen LogP contribution in [0.5, 0.6) is 0 Å². The van der Waals surface area contributed by atoms with Crippen molar-refractivity contribution >= 4 is 16.9 Å². The summed E-state index contributed by atoms with van der Waals surface area (Å²) in [5, 5.41) is 15.0. The molecule has 5 aromatic rings. The van der Waals surface area contributed by atoms with Gasteiger partial charge in [0.15, 0.2) is 0 Å². The fourth-order valence-electron chi connectivity index (χ4n) is 4.80. The van der Waals surface area contributed by atoms with E-state index in [2.05, 4.69) is 46.7 Å². The molecule has 0 amide bonds. The maximum atomic E-state index is 12.7. The van der Waals surface area contributed by atoms with Crippen molar-refractivity contribution in [3.63, 3.8) is 0 Å². The summed E-state index contributed by atoms with van der Waals surface area (Å²) in [6, 6.07) is 37.4. The lowest BCUT2D eigenvalue weighted by Crippen LogP contribution is -2.53. The maximum absolute atomic E-state index is 12.7. The highest BCUT2D eigenvalue weighted by molar-refractivity contribution is 5.84. The molecule has 4 heteroatoms. The van der Waals surface area contributed by atoms with Crippen LogP contribution in [0, 0.1) is 0 Å². The molecule has 0 saturated carbocycles. The van der Waals surface area contributed by atoms with Gasteiger partial charge in [-0.3, -0.25) is 10.1 Å². The molecule has 0 aliphatic heterocycles. The highest BCUT2D eigenvalue weighted by Crippen LogP contribution is 2.37. The number of fused-ring (bicyclic) bond motifs is 1. The lowest BCUT2D eigenvalue weighted by atomic mass is 9.76. The largest absolute Gasteiger partial charge is 0.480 e. The Labute approximate surface area is 198 Å². The highest BCUT2D eigenvalue weighted by Gasteiger charge is 2.40. The molecule has 34 heavy (non-hydrogen) atoms. The van der Waals surface area contributed by atoms with Crippen LogP contribution in [0.4, 0.5) is 0 Å². The van der Waals surface area contributed by atoms with Crippen LogP contribution in [-0.4, -0.2) is 22.1 Å². The van der Waals surface area contributed by atoms with E-state index in [1.807, 2.05) is 85.1 Å². The standard InChI is InChI=1S/C30H26N2O2/c33-29(34)28(20-22-21-31-27-19-11-10-18-26(22)27)32-30(23-12-4-1-5-13-23,24-14-6-2-7-15-24)25-16-8-3-9-17-25/h1-19,21,28,31-32H,20H2,(H,33,34)/t28-/m0/s1. The molecule has 1 atom stereocenters. The van der Waals surface area contributed by atoms with Gasteiger partial charge < -0.3 is 10.1 Å². The minimum atomic E-state index is -0.891. The molecule has 4 aromatic carbocycles. The third-order valence-electron chi connectivity index (χ3n) is 6.41. The molecule has 0 spiro atoms. The van der Waals surface area contributed by atoms with Gasteiger partial charge in [-0.1, -0.05) is 109 Å². The van der Waals surface area contributed by atoms with Crippen molar-refractivity contribution < 1.29 is 9.90 Å². The smallest absolute Gasteiger partial charge is 0.321 e. The van der Waals surface area contributed by atoms with Gasteiger partial charge >= 0.3 is 5.97 Å². The number of H-pyrrole nitrogens is 1. The van der Waals surface area contributed by atoms with Gasteiger partial charge in [0.2, 0.25) is 0 Å². The molecule has 0 unspecified atom stereocenters. The Balaban J connectivity index is 1.67. The Bertz CT molecular complexity index is 1280. The Hall–Kier alpha value is -4.15. The molecule has 0 radical (unpaired) electrons. The zero-order chi connectivity index (χ0) is 23.4. The van der Waals surface area contributed by atoms with E-state index in [1.54, 1.807) is 0 Å². The molecule has 5 rings (SSSR count). The van der Waals surface area contributed by atoms with Gasteiger partial charge in [0.25, 0.3) is 0 Å². The predicted molar refractivity (Wildman–Crippen MR) is 136 cm³/mol. The zero-order valence-corrected chi connectivity index (χ0v) is 18.7. The Morgan fingerprint density at radius 3 is 1.71 bits per heavy atom. The number of carboxylic acids is 1. The summed E-state index contributed by atoms with van der Waals surface area (Å²) >= 11 is 0. The lowest BCUT2D eigenvalue weighted by Gasteiger charge is -2.39. The van der Waals surface area contributed by atoms with Gasteiger partial charge in [0.05, 0.1) is 5.54 Å². The van der Waals surface area contributed by atoms with Gasteiger partial charge in [-0.15, -0.1) is 0 Å². The third-order valence-corrected chi connectivity index (χ3v) is 6.41. The number of benzene rings is 4. The Kier molecular flexibility index (Phi) is 5.98. The topological polar surface area (TPSA) is 65.1 Å². The monoisotopic (exact) mass is 446 g/mol. The average Bonchev–Trinajstić information content (AvgIpc) is 3.31. The summed E-state index contributed by atoms with van der Waals surface area (Å²) < 4.78 is 0. The van der Waals surface area contributed by atoms with Crippen molar-refractivity contribution in [2.45, 2.75) is 18.0 Å². The van der Waals surface area contributed by atoms with Crippen LogP contribution in [0.15, 0.2) is 121 Å². The summed E-state index contributed by atoms with van der Waals surface area (Å²) in [5.74, 6) is -0.891. The molecule has 0 aliphatic rings. The molecule has 0 aliphatic carbocycles. The molecule has 0 saturated heterocycles. The lowest BCUT2D eigenvalue weighted by molar-refractivity contribution is -0.139. The first kappa shape index (κ1) is 21.7. The Morgan fingerprint density at radius 1 is 0.735 bits per heavy atom. The van der Waals surface area contributed by atoms with Crippen molar-refractivity contribution in [3.05, 3.63) is 144 Å². The van der Waals surface area contributed by atoms with Crippen LogP contribution >= 0.6 is 0 Å². The van der Waals surface area contributed by atoms with E-state index in [0.717, 1.165) is 33.2 Å². The molecule has 0 bridgehead atoms. The summed E-state index contributed by atoms with van der Waals surface area (Å²) in [7, 11) is 0. The average molecular weight is 447 g/mol. The van der Waals surface area contributed by atoms with Crippen molar-refractivity contribution in [1.82, 2.24) is 10.3 Å². The summed E-state index contributed by atoms with van der Waals surface area (Å²) in [6.07, 6.45) is 2.26. The SMILES string of the molecule is O=C(O)[C@H](Cc1c[nH]c2ccccc12)NC(c1ccccc1)(c1ccccc1)c1ccccc1. The highest BCUT2D eigenvalue weighted by atomic mass is 16.4. The normalized spacial score (nSPS) is 12.5. The van der Waals surface area contributed by atoms with E-state index >= 15 is 0 Å². The second-order valence-corrected chi connectivity index (χ2v) is 8.45. The predicted octanol–water partition coefficient (Wildman–Crippen LogP) is 5.75. The zero-order valence-electron chi connectivity index (χ0n) is 18.7. The van der Waals surface area contributed by atoms with Crippen LogP contribution in [0.2, 0.25) is 0 Å². The molecule has 0 fully saturated rings. The quantitative estimate of drug-likeness (QED) is 0.266. The van der Waals surface area contributed by atoms with E-state index in [9.17, 15) is 9.90 Å². The molecule has 168 valence electrons. The number of aromatic amines is 1. The van der Waals surface area contributed by atoms with Crippen molar-refractivity contribution in [1.29, 1.82) is 0 Å². The molecule has 1 heterocycles. The number of carboxylic acid groups (broad SMARTS) is 1. The van der Waals surface area contributed by atoms with Crippen molar-refractivity contribution in [2.24, 2.45) is 0 Å². The fourth-order valence-corrected chi connectivity index (χ4v) is 4.80. The van der Waals surface area contributed by atoms with Gasteiger partial charge in [-0.05, 0) is 28.3 Å². The number of para-hydroxylation sites is 1. The molecule has 4 nitrogen and oxygen atoms in total. The van der Waals surface area contributed by atoms with E-state index in [0.29, 0.717) is 6.42 Å². The van der Waals surface area contributed by atoms with Gasteiger partial charge in [-0.25, -0.2) is 0 Å². The number of hydrogen-bond acceptors (Lipinski definition) is 2. The molecular formula is C30H26N2O2. The van der Waals surface area contributed by atoms with E-state index < -0.39 is 17.6 Å². The summed E-state index contributed by atoms with van der Waals surface area (Å²) in [6.45, 7) is 0. The van der Waals surface area contributed by atoms with E-state index in [-0.39, 0.29) is 0 Å². The van der Waals surface area contributed by atoms with Crippen LogP contribution in [0.3, 0.4) is 0 Å². The van der Waals surface area contributed by atoms with Gasteiger partial charge in [-0.2, -0.15) is 0 Å². The number of carbonyl (C=O) groups is 1. The first-order valence-electron chi connectivity index (χ1n) is 11.4. The molecule has 1 aromatic heterocycles. The number of aromatic nitrogens is 1. The first-order valence-corrected chi connectivity index (χ1v) is 11.4. The summed E-state index contributed by atoms with van der Waals surface area (Å²) in [5.41, 5.74) is 4.08. The second-order valence-electron chi connectivity index (χ2n) is 8.45. The van der Waals surface area contributed by atoms with Crippen molar-refractivity contribution in [3.8, 4) is 0 Å². The van der Waals surface area contributed by atoms with Crippen LogP contribution in [-0.2, 0) is 16.8 Å². The van der Waals surface area contributed by atoms with E-state index in [4.69, 9.17) is 0 Å². The molecule has 3 N–H and O–H groups in total. The minimum Gasteiger partial charge on any atom is -0.480 e. The van der Waals surface area contributed by atoms with Gasteiger partial charge in [0, 0.05) is 23.5 Å². The van der Waals surface area contributed by atoms with Crippen molar-refractivity contribution in [2.75, 3.05) is 0 Å². The third kappa shape index (κ3) is 4.00. The van der Waals surface area contributed by atoms with Gasteiger partial charge in [0.1, 0.15) is 6.04 Å². The second kappa shape index (κ2) is 9.38. The van der Waals surface area contributed by atoms with Crippen LogP contribution in [0.1, 0.15) is 22.3 Å². The Morgan fingerprint density at radius 2 is 1.21 bits per heavy atom. The minimum absolute atomic E-state index is 0.341. The number of nitrogens with one attached hydrogen (secondary N) is 2. The summed E-state index contributed by atoms with van der Waals surface area (Å²) in [4.78, 5) is 15.9. The fraction of sp³-hybridized carbons (Fsp3) is 0.100. The van der Waals surface area contributed by atoms with E-state index in [1.165, 1.54) is 0 Å². The molecular weight excluding hydrogens is 420 g/mol. The number of rotatable bonds is 8. The maximum Gasteiger partial charge on any atom is 0.321 e.